The van der Waals surface area contributed by atoms with Crippen LogP contribution in [0.25, 0.3) is 34.4 Å². The van der Waals surface area contributed by atoms with Crippen LogP contribution in [-0.4, -0.2) is 6.94 Å². The van der Waals surface area contributed by atoms with Crippen molar-refractivity contribution in [2.24, 2.45) is 0 Å². The molecule has 0 nitrogen and oxygen atoms in total. The van der Waals surface area contributed by atoms with E-state index < -0.39 is 14.2 Å². The van der Waals surface area contributed by atoms with E-state index in [0.717, 1.165) is 7.35 Å². The molecule has 2 unspecified atom stereocenters. The van der Waals surface area contributed by atoms with Crippen molar-refractivity contribution in [1.29, 1.82) is 0 Å². The fraction of sp³-hybridized carbons (Fsp3) is 0.391. The Kier molecular flexibility index (Phi) is 6.97. The molecular weight excluding hydrogens is 759 g/mol. The van der Waals surface area contributed by atoms with Gasteiger partial charge in [-0.3, -0.25) is 0 Å². The van der Waals surface area contributed by atoms with Crippen molar-refractivity contribution in [2.45, 2.75) is 103 Å². The topological polar surface area (TPSA) is 0 Å². The molecular formula is C46H56HfSi. The zero-order valence-electron chi connectivity index (χ0n) is 30.4. The Labute approximate surface area is 286 Å². The summed E-state index contributed by atoms with van der Waals surface area (Å²) in [5, 5.41) is 0. The van der Waals surface area contributed by atoms with Crippen LogP contribution in [0.15, 0.2) is 84.9 Å². The maximum atomic E-state index is 3.08. The molecule has 4 aromatic rings. The molecule has 4 aliphatic carbocycles. The van der Waals surface area contributed by atoms with Gasteiger partial charge in [0.1, 0.15) is 0 Å². The van der Waals surface area contributed by atoms with Crippen LogP contribution in [0.1, 0.15) is 103 Å². The minimum atomic E-state index is -5.31. The first-order chi connectivity index (χ1) is 22.8. The SMILES string of the molecule is Cc1ccc(C)c(-c2cccc3c2C=C[CH]3[Hf]([CH3])([CH3])(=[SiH2])([CH]2CCCC2)([CH]2CCCC2)[CH]2C=Cc3c(-c4cc(C)ccc4C)cccc32)c1. The summed E-state index contributed by atoms with van der Waals surface area (Å²) in [4.78, 5) is 0. The minimum absolute atomic E-state index is 0.490. The van der Waals surface area contributed by atoms with Gasteiger partial charge in [0.2, 0.25) is 0 Å². The van der Waals surface area contributed by atoms with Crippen molar-refractivity contribution in [1.82, 2.24) is 0 Å². The average molecular weight is 816 g/mol. The van der Waals surface area contributed by atoms with Crippen molar-refractivity contribution < 1.29 is 14.2 Å². The molecule has 0 bridgehead atoms. The van der Waals surface area contributed by atoms with Gasteiger partial charge in [-0.15, -0.1) is 0 Å². The molecule has 48 heavy (non-hydrogen) atoms. The first kappa shape index (κ1) is 32.6. The fourth-order valence-electron chi connectivity index (χ4n) is 13.4. The number of hydrogen-bond donors (Lipinski definition) is 0. The summed E-state index contributed by atoms with van der Waals surface area (Å²) in [7, 11) is 0. The number of benzene rings is 4. The van der Waals surface area contributed by atoms with Gasteiger partial charge in [-0.05, 0) is 0 Å². The van der Waals surface area contributed by atoms with Crippen LogP contribution in [-0.2, 0) is 14.2 Å². The molecule has 2 atom stereocenters. The Balaban J connectivity index is 1.44. The normalized spacial score (nSPS) is 23.1. The summed E-state index contributed by atoms with van der Waals surface area (Å²) in [5.74, 6) is 0. The Morgan fingerprint density at radius 1 is 0.521 bits per heavy atom. The van der Waals surface area contributed by atoms with E-state index >= 15 is 0 Å². The summed E-state index contributed by atoms with van der Waals surface area (Å²) in [6.45, 7) is 11.8. The van der Waals surface area contributed by atoms with E-state index in [1.165, 1.54) is 107 Å². The molecule has 2 fully saturated rings. The molecule has 8 rings (SSSR count). The summed E-state index contributed by atoms with van der Waals surface area (Å²) < 4.78 is 8.74. The maximum absolute atomic E-state index is 5.31. The third-order valence-corrected chi connectivity index (χ3v) is 86.6. The summed E-state index contributed by atoms with van der Waals surface area (Å²) in [6.07, 6.45) is 22.0. The third-order valence-electron chi connectivity index (χ3n) is 16.3. The molecule has 0 aromatic heterocycles. The van der Waals surface area contributed by atoms with E-state index in [9.17, 15) is 0 Å². The quantitative estimate of drug-likeness (QED) is 0.170. The molecule has 2 heteroatoms. The van der Waals surface area contributed by atoms with Gasteiger partial charge in [0.25, 0.3) is 0 Å². The zero-order chi connectivity index (χ0) is 33.6. The standard InChI is InChI=1S/2C17H15.2C5H9.2CH3.Hf.H2Si/c2*1-12-9-10-13(2)17(11-12)16-8-4-6-14-5-3-7-15(14)16;2*1-2-4-5-3-1;;;;/h2*3-11H,1-2H3;2*1H,2-5H2;2*1H3;;1H2. The van der Waals surface area contributed by atoms with Crippen LogP contribution in [0.2, 0.25) is 16.7 Å². The number of allylic oxidation sites excluding steroid dienone is 2. The van der Waals surface area contributed by atoms with E-state index in [-0.39, 0.29) is 0 Å². The molecule has 0 radical (unpaired) electrons. The molecule has 0 heterocycles. The second-order valence-corrected chi connectivity index (χ2v) is 92.8. The molecule has 4 aliphatic rings. The van der Waals surface area contributed by atoms with Crippen molar-refractivity contribution >= 4 is 19.1 Å². The number of fused-ring (bicyclic) bond motifs is 2. The van der Waals surface area contributed by atoms with Gasteiger partial charge < -0.3 is 0 Å². The van der Waals surface area contributed by atoms with Gasteiger partial charge in [0.05, 0.1) is 0 Å². The van der Waals surface area contributed by atoms with E-state index in [0.29, 0.717) is 7.35 Å². The number of rotatable bonds is 6. The second kappa shape index (κ2) is 10.3. The second-order valence-electron chi connectivity index (χ2n) is 19.2. The van der Waals surface area contributed by atoms with Gasteiger partial charge in [-0.1, -0.05) is 0 Å². The van der Waals surface area contributed by atoms with Crippen LogP contribution in [0.4, 0.5) is 0 Å². The van der Waals surface area contributed by atoms with Gasteiger partial charge >= 0.3 is 288 Å². The van der Waals surface area contributed by atoms with Crippen LogP contribution >= 0.6 is 0 Å². The molecule has 0 N–H and O–H groups in total. The average Bonchev–Trinajstić information content (AvgIpc) is 3.90. The first-order valence-electron chi connectivity index (χ1n) is 19.1. The van der Waals surface area contributed by atoms with Gasteiger partial charge in [-0.25, -0.2) is 0 Å². The Bertz CT molecular complexity index is 2040. The summed E-state index contributed by atoms with van der Waals surface area (Å²) in [6, 6.07) is 28.8. The monoisotopic (exact) mass is 816 g/mol. The molecule has 248 valence electrons. The van der Waals surface area contributed by atoms with Crippen LogP contribution in [0.3, 0.4) is 0 Å². The molecule has 0 aliphatic heterocycles. The predicted octanol–water partition coefficient (Wildman–Crippen LogP) is 13.2. The summed E-state index contributed by atoms with van der Waals surface area (Å²) in [5.41, 5.74) is 17.4. The van der Waals surface area contributed by atoms with Crippen LogP contribution in [0.5, 0.6) is 0 Å². The molecule has 2 saturated carbocycles. The molecule has 0 saturated heterocycles. The first-order valence-corrected chi connectivity index (χ1v) is 42.9. The predicted molar refractivity (Wildman–Crippen MR) is 211 cm³/mol. The van der Waals surface area contributed by atoms with Crippen LogP contribution in [0, 0.1) is 27.7 Å². The Morgan fingerprint density at radius 2 is 0.917 bits per heavy atom. The fourth-order valence-corrected chi connectivity index (χ4v) is 76.9. The zero-order valence-corrected chi connectivity index (χ0v) is 35.4. The molecule has 0 amide bonds. The number of aryl methyl sites for hydroxylation is 4. The van der Waals surface area contributed by atoms with E-state index in [1.54, 1.807) is 11.1 Å². The van der Waals surface area contributed by atoms with Crippen LogP contribution < -0.4 is 0 Å². The van der Waals surface area contributed by atoms with E-state index in [4.69, 9.17) is 0 Å². The Morgan fingerprint density at radius 3 is 1.31 bits per heavy atom. The van der Waals surface area contributed by atoms with Crippen molar-refractivity contribution in [3.8, 4) is 22.3 Å². The Hall–Kier alpha value is -2.55. The molecule has 4 aromatic carbocycles. The van der Waals surface area contributed by atoms with E-state index in [2.05, 4.69) is 141 Å². The van der Waals surface area contributed by atoms with Crippen molar-refractivity contribution in [3.05, 3.63) is 129 Å². The third kappa shape index (κ3) is 4.03. The summed E-state index contributed by atoms with van der Waals surface area (Å²) >= 11 is -5.31. The van der Waals surface area contributed by atoms with Crippen molar-refractivity contribution in [3.63, 3.8) is 0 Å². The van der Waals surface area contributed by atoms with Gasteiger partial charge in [0.15, 0.2) is 0 Å². The van der Waals surface area contributed by atoms with Crippen molar-refractivity contribution in [2.75, 3.05) is 0 Å². The number of hydrogen-bond acceptors (Lipinski definition) is 0. The van der Waals surface area contributed by atoms with E-state index in [1.807, 2.05) is 0 Å². The molecule has 0 spiro atoms. The van der Waals surface area contributed by atoms with Gasteiger partial charge in [0, 0.05) is 0 Å². The van der Waals surface area contributed by atoms with Gasteiger partial charge in [-0.2, -0.15) is 0 Å².